The molecule has 0 unspecified atom stereocenters. The van der Waals surface area contributed by atoms with Crippen molar-refractivity contribution >= 4 is 11.6 Å². The SMILES string of the molecule is CC(C)=C(/C=C/C=C1C=C(/C=C/c2ccc(C)cc2)CC(C)(C)C/1)c1c(C)c(C)c(C)c(C)c1C.CCC.CCC. The third-order valence-corrected chi connectivity index (χ3v) is 7.68. The number of aryl methyl sites for hydroxylation is 1. The fourth-order valence-electron chi connectivity index (χ4n) is 5.27. The first-order valence-corrected chi connectivity index (χ1v) is 15.8. The van der Waals surface area contributed by atoms with E-state index < -0.39 is 0 Å². The first-order chi connectivity index (χ1) is 19.2. The van der Waals surface area contributed by atoms with Crippen molar-refractivity contribution in [3.63, 3.8) is 0 Å². The van der Waals surface area contributed by atoms with Gasteiger partial charge in [-0.15, -0.1) is 0 Å². The molecule has 0 spiro atoms. The Hall–Kier alpha value is -2.86. The average Bonchev–Trinajstić information content (AvgIpc) is 2.89. The maximum atomic E-state index is 2.39. The van der Waals surface area contributed by atoms with Crippen LogP contribution in [0, 0.1) is 47.0 Å². The van der Waals surface area contributed by atoms with Gasteiger partial charge in [-0.25, -0.2) is 0 Å². The van der Waals surface area contributed by atoms with Crippen molar-refractivity contribution in [3.8, 4) is 0 Å². The molecule has 0 atom stereocenters. The van der Waals surface area contributed by atoms with E-state index in [0.717, 1.165) is 12.8 Å². The van der Waals surface area contributed by atoms with Gasteiger partial charge < -0.3 is 0 Å². The van der Waals surface area contributed by atoms with Gasteiger partial charge >= 0.3 is 0 Å². The number of hydrogen-bond acceptors (Lipinski definition) is 0. The Morgan fingerprint density at radius 3 is 1.68 bits per heavy atom. The van der Waals surface area contributed by atoms with E-state index >= 15 is 0 Å². The summed E-state index contributed by atoms with van der Waals surface area (Å²) in [5.41, 5.74) is 16.8. The lowest BCUT2D eigenvalue weighted by Gasteiger charge is -2.30. The van der Waals surface area contributed by atoms with Crippen molar-refractivity contribution in [1.82, 2.24) is 0 Å². The second kappa shape index (κ2) is 17.2. The van der Waals surface area contributed by atoms with Crippen LogP contribution in [-0.4, -0.2) is 0 Å². The Morgan fingerprint density at radius 2 is 1.20 bits per heavy atom. The van der Waals surface area contributed by atoms with Crippen LogP contribution in [0.1, 0.15) is 126 Å². The van der Waals surface area contributed by atoms with Gasteiger partial charge in [-0.05, 0) is 129 Å². The summed E-state index contributed by atoms with van der Waals surface area (Å²) >= 11 is 0. The molecule has 0 aliphatic heterocycles. The first kappa shape index (κ1) is 36.2. The molecular formula is C41H60. The quantitative estimate of drug-likeness (QED) is 0.324. The van der Waals surface area contributed by atoms with E-state index in [9.17, 15) is 0 Å². The summed E-state index contributed by atoms with van der Waals surface area (Å²) in [6.45, 7) is 31.2. The minimum absolute atomic E-state index is 0.263. The summed E-state index contributed by atoms with van der Waals surface area (Å²) in [5.74, 6) is 0. The molecule has 0 heteroatoms. The predicted octanol–water partition coefficient (Wildman–Crippen LogP) is 13.1. The number of benzene rings is 2. The molecule has 3 rings (SSSR count). The molecule has 2 aromatic rings. The first-order valence-electron chi connectivity index (χ1n) is 15.8. The third kappa shape index (κ3) is 11.1. The lowest BCUT2D eigenvalue weighted by Crippen LogP contribution is -2.16. The molecule has 2 aromatic carbocycles. The number of hydrogen-bond donors (Lipinski definition) is 0. The average molecular weight is 553 g/mol. The van der Waals surface area contributed by atoms with E-state index in [1.807, 2.05) is 0 Å². The van der Waals surface area contributed by atoms with Gasteiger partial charge in [-0.3, -0.25) is 0 Å². The van der Waals surface area contributed by atoms with Gasteiger partial charge in [0, 0.05) is 0 Å². The van der Waals surface area contributed by atoms with E-state index in [2.05, 4.69) is 158 Å². The Kier molecular flexibility index (Phi) is 15.2. The predicted molar refractivity (Wildman–Crippen MR) is 189 cm³/mol. The van der Waals surface area contributed by atoms with Crippen LogP contribution in [0.25, 0.3) is 11.6 Å². The molecule has 1 aliphatic carbocycles. The standard InChI is InChI=1S/C35H44.2C3H8/c1-23(2)33(34-28(7)26(5)25(4)27(6)29(34)8)13-11-12-31-20-32(22-35(9,10)21-31)19-18-30-16-14-24(3)15-17-30;2*1-3-2/h11-20H,21-22H2,1-10H3;2*3H2,1-2H3/b13-11+,19-18+,31-12-;;. The molecule has 0 amide bonds. The van der Waals surface area contributed by atoms with Gasteiger partial charge in [0.1, 0.15) is 0 Å². The van der Waals surface area contributed by atoms with E-state index in [1.54, 1.807) is 0 Å². The van der Waals surface area contributed by atoms with Gasteiger partial charge in [0.2, 0.25) is 0 Å². The smallest absolute Gasteiger partial charge is 0.0121 e. The largest absolute Gasteiger partial charge is 0.0686 e. The van der Waals surface area contributed by atoms with Crippen LogP contribution in [0.2, 0.25) is 0 Å². The molecule has 0 saturated carbocycles. The molecule has 0 N–H and O–H groups in total. The lowest BCUT2D eigenvalue weighted by atomic mass is 9.75. The Bertz CT molecular complexity index is 1250. The van der Waals surface area contributed by atoms with E-state index in [-0.39, 0.29) is 5.41 Å². The monoisotopic (exact) mass is 552 g/mol. The highest BCUT2D eigenvalue weighted by atomic mass is 14.3. The number of allylic oxidation sites excluding steroid dienone is 9. The summed E-state index contributed by atoms with van der Waals surface area (Å²) in [4.78, 5) is 0. The molecule has 1 aliphatic rings. The zero-order chi connectivity index (χ0) is 31.3. The topological polar surface area (TPSA) is 0 Å². The van der Waals surface area contributed by atoms with Crippen molar-refractivity contribution in [3.05, 3.63) is 116 Å². The molecule has 224 valence electrons. The molecular weight excluding hydrogens is 492 g/mol. The third-order valence-electron chi connectivity index (χ3n) is 7.68. The van der Waals surface area contributed by atoms with Crippen molar-refractivity contribution in [2.45, 2.75) is 123 Å². The van der Waals surface area contributed by atoms with Crippen LogP contribution in [0.3, 0.4) is 0 Å². The maximum Gasteiger partial charge on any atom is -0.0121 e. The molecule has 0 heterocycles. The normalized spacial score (nSPS) is 15.3. The highest BCUT2D eigenvalue weighted by molar-refractivity contribution is 5.82. The van der Waals surface area contributed by atoms with Crippen LogP contribution < -0.4 is 0 Å². The van der Waals surface area contributed by atoms with Crippen LogP contribution in [0.5, 0.6) is 0 Å². The van der Waals surface area contributed by atoms with Crippen LogP contribution >= 0.6 is 0 Å². The Morgan fingerprint density at radius 1 is 0.707 bits per heavy atom. The number of rotatable bonds is 5. The highest BCUT2D eigenvalue weighted by Crippen LogP contribution is 2.39. The van der Waals surface area contributed by atoms with Crippen LogP contribution in [-0.2, 0) is 0 Å². The molecule has 0 nitrogen and oxygen atoms in total. The molecule has 0 saturated heterocycles. The second-order valence-corrected chi connectivity index (χ2v) is 12.9. The van der Waals surface area contributed by atoms with E-state index in [0.29, 0.717) is 0 Å². The van der Waals surface area contributed by atoms with Crippen molar-refractivity contribution < 1.29 is 0 Å². The van der Waals surface area contributed by atoms with Gasteiger partial charge in [0.25, 0.3) is 0 Å². The van der Waals surface area contributed by atoms with Crippen molar-refractivity contribution in [2.75, 3.05) is 0 Å². The van der Waals surface area contributed by atoms with Gasteiger partial charge in [0.15, 0.2) is 0 Å². The highest BCUT2D eigenvalue weighted by Gasteiger charge is 2.24. The molecule has 0 fully saturated rings. The minimum atomic E-state index is 0.263. The van der Waals surface area contributed by atoms with Crippen LogP contribution in [0.4, 0.5) is 0 Å². The summed E-state index contributed by atoms with van der Waals surface area (Å²) in [5, 5.41) is 0. The summed E-state index contributed by atoms with van der Waals surface area (Å²) < 4.78 is 0. The molecule has 0 aromatic heterocycles. The summed E-state index contributed by atoms with van der Waals surface area (Å²) in [6.07, 6.45) is 18.6. The molecule has 0 bridgehead atoms. The van der Waals surface area contributed by atoms with Gasteiger partial charge in [-0.1, -0.05) is 126 Å². The fourth-order valence-corrected chi connectivity index (χ4v) is 5.27. The molecule has 0 radical (unpaired) electrons. The van der Waals surface area contributed by atoms with Gasteiger partial charge in [0.05, 0.1) is 0 Å². The van der Waals surface area contributed by atoms with Gasteiger partial charge in [-0.2, -0.15) is 0 Å². The lowest BCUT2D eigenvalue weighted by molar-refractivity contribution is 0.355. The van der Waals surface area contributed by atoms with E-state index in [4.69, 9.17) is 0 Å². The summed E-state index contributed by atoms with van der Waals surface area (Å²) in [6, 6.07) is 8.74. The molecule has 41 heavy (non-hydrogen) atoms. The van der Waals surface area contributed by atoms with Crippen LogP contribution in [0.15, 0.2) is 71.4 Å². The zero-order valence-corrected chi connectivity index (χ0v) is 29.1. The Labute approximate surface area is 255 Å². The van der Waals surface area contributed by atoms with Crippen molar-refractivity contribution in [1.29, 1.82) is 0 Å². The Balaban J connectivity index is 0.00000129. The fraction of sp³-hybridized carbons (Fsp3) is 0.463. The maximum absolute atomic E-state index is 2.39. The minimum Gasteiger partial charge on any atom is -0.0686 e. The second-order valence-electron chi connectivity index (χ2n) is 12.9. The summed E-state index contributed by atoms with van der Waals surface area (Å²) in [7, 11) is 0. The zero-order valence-electron chi connectivity index (χ0n) is 29.1. The van der Waals surface area contributed by atoms with Crippen molar-refractivity contribution in [2.24, 2.45) is 5.41 Å². The van der Waals surface area contributed by atoms with E-state index in [1.165, 1.54) is 79.6 Å².